The highest BCUT2D eigenvalue weighted by molar-refractivity contribution is 5.85. The van der Waals surface area contributed by atoms with Gasteiger partial charge in [0, 0.05) is 6.04 Å². The number of ether oxygens (including phenoxy) is 1. The summed E-state index contributed by atoms with van der Waals surface area (Å²) >= 11 is 0. The molecule has 2 aromatic carbocycles. The first-order valence-corrected chi connectivity index (χ1v) is 7.33. The normalized spacial score (nSPS) is 15.1. The van der Waals surface area contributed by atoms with Crippen LogP contribution in [0.4, 0.5) is 0 Å². The van der Waals surface area contributed by atoms with E-state index in [2.05, 4.69) is 24.3 Å². The molecular weight excluding hydrogens is 282 g/mol. The molecule has 0 bridgehead atoms. The van der Waals surface area contributed by atoms with E-state index in [4.69, 9.17) is 10.5 Å². The Hall–Kier alpha value is -1.51. The molecular formula is C18H22ClNO. The molecule has 1 saturated carbocycles. The van der Waals surface area contributed by atoms with Gasteiger partial charge in [-0.2, -0.15) is 0 Å². The van der Waals surface area contributed by atoms with Crippen molar-refractivity contribution >= 4 is 12.4 Å². The fourth-order valence-corrected chi connectivity index (χ4v) is 2.40. The summed E-state index contributed by atoms with van der Waals surface area (Å²) in [6, 6.07) is 18.6. The summed E-state index contributed by atoms with van der Waals surface area (Å²) in [6.07, 6.45) is 3.82. The maximum absolute atomic E-state index is 6.21. The van der Waals surface area contributed by atoms with Crippen molar-refractivity contribution in [1.29, 1.82) is 0 Å². The predicted molar refractivity (Wildman–Crippen MR) is 88.7 cm³/mol. The van der Waals surface area contributed by atoms with Crippen molar-refractivity contribution in [2.45, 2.75) is 31.9 Å². The molecule has 112 valence electrons. The molecule has 2 nitrogen and oxygen atoms in total. The minimum atomic E-state index is 0. The average molecular weight is 304 g/mol. The maximum atomic E-state index is 6.21. The molecule has 1 aliphatic carbocycles. The van der Waals surface area contributed by atoms with Crippen molar-refractivity contribution in [2.24, 2.45) is 11.7 Å². The molecule has 2 N–H and O–H groups in total. The van der Waals surface area contributed by atoms with Crippen molar-refractivity contribution < 1.29 is 4.74 Å². The molecule has 2 aromatic rings. The van der Waals surface area contributed by atoms with E-state index < -0.39 is 0 Å². The zero-order chi connectivity index (χ0) is 13.8. The molecule has 0 aromatic heterocycles. The van der Waals surface area contributed by atoms with Gasteiger partial charge in [0.05, 0.1) is 0 Å². The number of rotatable bonds is 6. The van der Waals surface area contributed by atoms with Crippen molar-refractivity contribution in [3.05, 3.63) is 65.7 Å². The molecule has 0 unspecified atom stereocenters. The molecule has 0 saturated heterocycles. The maximum Gasteiger partial charge on any atom is 0.119 e. The van der Waals surface area contributed by atoms with E-state index in [0.29, 0.717) is 6.61 Å². The van der Waals surface area contributed by atoms with Gasteiger partial charge in [-0.15, -0.1) is 12.4 Å². The third-order valence-electron chi connectivity index (χ3n) is 3.84. The molecule has 1 aliphatic rings. The van der Waals surface area contributed by atoms with Crippen LogP contribution in [0.25, 0.3) is 0 Å². The van der Waals surface area contributed by atoms with Gasteiger partial charge in [-0.25, -0.2) is 0 Å². The minimum absolute atomic E-state index is 0. The zero-order valence-electron chi connectivity index (χ0n) is 12.1. The first-order chi connectivity index (χ1) is 9.81. The smallest absolute Gasteiger partial charge is 0.119 e. The van der Waals surface area contributed by atoms with Gasteiger partial charge >= 0.3 is 0 Å². The Morgan fingerprint density at radius 3 is 2.29 bits per heavy atom. The molecule has 0 spiro atoms. The summed E-state index contributed by atoms with van der Waals surface area (Å²) in [4.78, 5) is 0. The summed E-state index contributed by atoms with van der Waals surface area (Å²) in [7, 11) is 0. The Balaban J connectivity index is 0.00000161. The lowest BCUT2D eigenvalue weighted by Crippen LogP contribution is -2.10. The van der Waals surface area contributed by atoms with Crippen LogP contribution in [-0.2, 0) is 6.61 Å². The Labute approximate surface area is 132 Å². The van der Waals surface area contributed by atoms with Crippen LogP contribution in [0.1, 0.15) is 36.4 Å². The Morgan fingerprint density at radius 2 is 1.67 bits per heavy atom. The van der Waals surface area contributed by atoms with E-state index in [1.165, 1.54) is 24.0 Å². The highest BCUT2D eigenvalue weighted by Gasteiger charge is 2.24. The fraction of sp³-hybridized carbons (Fsp3) is 0.333. The van der Waals surface area contributed by atoms with Gasteiger partial charge in [-0.3, -0.25) is 0 Å². The molecule has 0 radical (unpaired) electrons. The topological polar surface area (TPSA) is 35.2 Å². The van der Waals surface area contributed by atoms with Gasteiger partial charge in [0.25, 0.3) is 0 Å². The number of benzene rings is 2. The summed E-state index contributed by atoms with van der Waals surface area (Å²) in [5.41, 5.74) is 8.60. The second-order valence-electron chi connectivity index (χ2n) is 5.63. The lowest BCUT2D eigenvalue weighted by molar-refractivity contribution is 0.306. The van der Waals surface area contributed by atoms with Crippen LogP contribution in [0.2, 0.25) is 0 Å². The van der Waals surface area contributed by atoms with Crippen molar-refractivity contribution in [2.75, 3.05) is 0 Å². The monoisotopic (exact) mass is 303 g/mol. The molecule has 1 fully saturated rings. The first kappa shape index (κ1) is 15.9. The summed E-state index contributed by atoms with van der Waals surface area (Å²) < 4.78 is 5.78. The average Bonchev–Trinajstić information content (AvgIpc) is 3.31. The van der Waals surface area contributed by atoms with Crippen molar-refractivity contribution in [3.8, 4) is 5.75 Å². The van der Waals surface area contributed by atoms with Gasteiger partial charge in [-0.1, -0.05) is 55.3 Å². The van der Waals surface area contributed by atoms with Crippen LogP contribution >= 0.6 is 12.4 Å². The molecule has 3 heteroatoms. The zero-order valence-corrected chi connectivity index (χ0v) is 12.9. The van der Waals surface area contributed by atoms with Crippen LogP contribution in [0, 0.1) is 5.92 Å². The van der Waals surface area contributed by atoms with E-state index >= 15 is 0 Å². The second-order valence-corrected chi connectivity index (χ2v) is 5.63. The van der Waals surface area contributed by atoms with Crippen LogP contribution < -0.4 is 10.5 Å². The van der Waals surface area contributed by atoms with Crippen LogP contribution in [0.5, 0.6) is 5.75 Å². The Bertz CT molecular complexity index is 537. The van der Waals surface area contributed by atoms with Crippen LogP contribution in [-0.4, -0.2) is 0 Å². The molecule has 3 rings (SSSR count). The Morgan fingerprint density at radius 1 is 1.00 bits per heavy atom. The van der Waals surface area contributed by atoms with E-state index in [1.807, 2.05) is 30.3 Å². The minimum Gasteiger partial charge on any atom is -0.489 e. The van der Waals surface area contributed by atoms with Crippen molar-refractivity contribution in [1.82, 2.24) is 0 Å². The highest BCUT2D eigenvalue weighted by Crippen LogP contribution is 2.36. The van der Waals surface area contributed by atoms with Gasteiger partial charge in [0.2, 0.25) is 0 Å². The number of hydrogen-bond acceptors (Lipinski definition) is 2. The highest BCUT2D eigenvalue weighted by atomic mass is 35.5. The third-order valence-corrected chi connectivity index (χ3v) is 3.84. The van der Waals surface area contributed by atoms with Gasteiger partial charge in [0.15, 0.2) is 0 Å². The number of halogens is 1. The second kappa shape index (κ2) is 7.48. The lowest BCUT2D eigenvalue weighted by Gasteiger charge is -2.12. The summed E-state index contributed by atoms with van der Waals surface area (Å²) in [5.74, 6) is 1.76. The first-order valence-electron chi connectivity index (χ1n) is 7.33. The fourth-order valence-electron chi connectivity index (χ4n) is 2.40. The lowest BCUT2D eigenvalue weighted by atomic mass is 10.0. The SMILES string of the molecule is Cl.N[C@@H](CC1CC1)c1ccc(OCc2ccccc2)cc1. The van der Waals surface area contributed by atoms with E-state index in [9.17, 15) is 0 Å². The van der Waals surface area contributed by atoms with E-state index in [-0.39, 0.29) is 18.4 Å². The largest absolute Gasteiger partial charge is 0.489 e. The predicted octanol–water partition coefficient (Wildman–Crippen LogP) is 4.49. The quantitative estimate of drug-likeness (QED) is 0.853. The number of hydrogen-bond donors (Lipinski definition) is 1. The summed E-state index contributed by atoms with van der Waals surface area (Å²) in [6.45, 7) is 0.605. The molecule has 21 heavy (non-hydrogen) atoms. The standard InChI is InChI=1S/C18H21NO.ClH/c19-18(12-14-6-7-14)16-8-10-17(11-9-16)20-13-15-4-2-1-3-5-15;/h1-5,8-11,14,18H,6-7,12-13,19H2;1H/t18-;/m0./s1. The van der Waals surface area contributed by atoms with Crippen LogP contribution in [0.3, 0.4) is 0 Å². The van der Waals surface area contributed by atoms with Crippen molar-refractivity contribution in [3.63, 3.8) is 0 Å². The van der Waals surface area contributed by atoms with Gasteiger partial charge < -0.3 is 10.5 Å². The van der Waals surface area contributed by atoms with Gasteiger partial charge in [0.1, 0.15) is 12.4 Å². The third kappa shape index (κ3) is 4.76. The number of nitrogens with two attached hydrogens (primary N) is 1. The van der Waals surface area contributed by atoms with E-state index in [1.54, 1.807) is 0 Å². The van der Waals surface area contributed by atoms with E-state index in [0.717, 1.165) is 18.1 Å². The summed E-state index contributed by atoms with van der Waals surface area (Å²) in [5, 5.41) is 0. The Kier molecular flexibility index (Phi) is 5.66. The molecule has 0 heterocycles. The van der Waals surface area contributed by atoms with Gasteiger partial charge in [-0.05, 0) is 35.6 Å². The molecule has 0 aliphatic heterocycles. The molecule has 0 amide bonds. The molecule has 1 atom stereocenters. The van der Waals surface area contributed by atoms with Crippen LogP contribution in [0.15, 0.2) is 54.6 Å².